The summed E-state index contributed by atoms with van der Waals surface area (Å²) in [5.74, 6) is -0.188. The van der Waals surface area contributed by atoms with Gasteiger partial charge in [0.2, 0.25) is 5.91 Å². The minimum absolute atomic E-state index is 0.0310. The highest BCUT2D eigenvalue weighted by Crippen LogP contribution is 2.22. The molecule has 1 amide bonds. The number of halogens is 2. The van der Waals surface area contributed by atoms with Crippen molar-refractivity contribution in [3.05, 3.63) is 64.4 Å². The largest absolute Gasteiger partial charge is 0.369 e. The summed E-state index contributed by atoms with van der Waals surface area (Å²) in [6, 6.07) is 14.5. The minimum atomic E-state index is -0.219. The molecule has 0 aliphatic carbocycles. The van der Waals surface area contributed by atoms with E-state index in [1.54, 1.807) is 12.1 Å². The number of hydrogen-bond acceptors (Lipinski definition) is 3. The van der Waals surface area contributed by atoms with Crippen LogP contribution in [-0.4, -0.2) is 43.5 Å². The van der Waals surface area contributed by atoms with Crippen LogP contribution in [0.2, 0.25) is 0 Å². The van der Waals surface area contributed by atoms with Crippen molar-refractivity contribution >= 4 is 27.5 Å². The molecule has 1 saturated heterocycles. The molecule has 0 saturated carbocycles. The number of rotatable bonds is 5. The van der Waals surface area contributed by atoms with Gasteiger partial charge in [0.1, 0.15) is 5.82 Å². The second-order valence-corrected chi connectivity index (χ2v) is 7.40. The summed E-state index contributed by atoms with van der Waals surface area (Å²) in [5, 5.41) is 3.07. The first kappa shape index (κ1) is 18.9. The predicted octanol–water partition coefficient (Wildman–Crippen LogP) is 3.59. The summed E-state index contributed by atoms with van der Waals surface area (Å²) in [6.07, 6.45) is 0. The Bertz CT molecular complexity index is 745. The van der Waals surface area contributed by atoms with Crippen molar-refractivity contribution in [2.75, 3.05) is 37.6 Å². The molecule has 2 aromatic carbocycles. The lowest BCUT2D eigenvalue weighted by molar-refractivity contribution is -0.123. The van der Waals surface area contributed by atoms with Crippen molar-refractivity contribution in [2.24, 2.45) is 0 Å². The smallest absolute Gasteiger partial charge is 0.234 e. The van der Waals surface area contributed by atoms with Gasteiger partial charge in [0.15, 0.2) is 0 Å². The Morgan fingerprint density at radius 2 is 1.77 bits per heavy atom. The number of hydrogen-bond donors (Lipinski definition) is 1. The Morgan fingerprint density at radius 3 is 2.42 bits per heavy atom. The molecule has 1 aliphatic heterocycles. The van der Waals surface area contributed by atoms with Crippen LogP contribution in [0.15, 0.2) is 53.0 Å². The van der Waals surface area contributed by atoms with Gasteiger partial charge in [-0.1, -0.05) is 34.1 Å². The summed E-state index contributed by atoms with van der Waals surface area (Å²) >= 11 is 3.53. The fraction of sp³-hybridized carbons (Fsp3) is 0.350. The molecule has 4 nitrogen and oxygen atoms in total. The number of amides is 1. The number of piperazine rings is 1. The molecule has 1 N–H and O–H groups in total. The van der Waals surface area contributed by atoms with Gasteiger partial charge in [-0.3, -0.25) is 9.69 Å². The van der Waals surface area contributed by atoms with Gasteiger partial charge < -0.3 is 10.2 Å². The third-order valence-corrected chi connectivity index (χ3v) is 5.40. The van der Waals surface area contributed by atoms with Crippen LogP contribution in [0.4, 0.5) is 10.1 Å². The molecule has 3 rings (SSSR count). The Kier molecular flexibility index (Phi) is 6.27. The summed E-state index contributed by atoms with van der Waals surface area (Å²) in [7, 11) is 0. The molecular weight excluding hydrogens is 397 g/mol. The summed E-state index contributed by atoms with van der Waals surface area (Å²) in [4.78, 5) is 16.7. The molecule has 26 heavy (non-hydrogen) atoms. The van der Waals surface area contributed by atoms with Crippen molar-refractivity contribution in [3.63, 3.8) is 0 Å². The zero-order valence-electron chi connectivity index (χ0n) is 14.8. The molecule has 2 aromatic rings. The standard InChI is InChI=1S/C20H23BrFN3O/c1-15(18-4-2-3-5-19(18)21)23-20(26)14-24-10-12-25(13-11-24)17-8-6-16(22)7-9-17/h2-9,15H,10-14H2,1H3,(H,23,26)/t15-/m1/s1. The van der Waals surface area contributed by atoms with Crippen molar-refractivity contribution in [1.29, 1.82) is 0 Å². The highest BCUT2D eigenvalue weighted by atomic mass is 79.9. The van der Waals surface area contributed by atoms with Crippen LogP contribution in [0.1, 0.15) is 18.5 Å². The van der Waals surface area contributed by atoms with Crippen LogP contribution in [-0.2, 0) is 4.79 Å². The molecule has 1 fully saturated rings. The predicted molar refractivity (Wildman–Crippen MR) is 106 cm³/mol. The van der Waals surface area contributed by atoms with Crippen molar-refractivity contribution in [3.8, 4) is 0 Å². The van der Waals surface area contributed by atoms with E-state index in [-0.39, 0.29) is 17.8 Å². The third kappa shape index (κ3) is 4.83. The first-order valence-corrected chi connectivity index (χ1v) is 9.59. The van der Waals surface area contributed by atoms with Gasteiger partial charge in [-0.05, 0) is 42.8 Å². The zero-order chi connectivity index (χ0) is 18.5. The second kappa shape index (κ2) is 8.64. The molecule has 0 bridgehead atoms. The normalized spacial score (nSPS) is 16.3. The van der Waals surface area contributed by atoms with Gasteiger partial charge in [0.25, 0.3) is 0 Å². The average molecular weight is 420 g/mol. The third-order valence-electron chi connectivity index (χ3n) is 4.68. The molecule has 138 valence electrons. The SMILES string of the molecule is C[C@@H](NC(=O)CN1CCN(c2ccc(F)cc2)CC1)c1ccccc1Br. The van der Waals surface area contributed by atoms with E-state index in [1.807, 2.05) is 31.2 Å². The number of nitrogens with zero attached hydrogens (tertiary/aromatic N) is 2. The monoisotopic (exact) mass is 419 g/mol. The van der Waals surface area contributed by atoms with Gasteiger partial charge in [-0.2, -0.15) is 0 Å². The zero-order valence-corrected chi connectivity index (χ0v) is 16.4. The molecule has 6 heteroatoms. The van der Waals surface area contributed by atoms with E-state index >= 15 is 0 Å². The number of anilines is 1. The summed E-state index contributed by atoms with van der Waals surface area (Å²) in [6.45, 7) is 5.68. The van der Waals surface area contributed by atoms with Crippen LogP contribution in [0.25, 0.3) is 0 Å². The summed E-state index contributed by atoms with van der Waals surface area (Å²) in [5.41, 5.74) is 2.10. The lowest BCUT2D eigenvalue weighted by Gasteiger charge is -2.35. The molecule has 0 unspecified atom stereocenters. The van der Waals surface area contributed by atoms with E-state index in [0.29, 0.717) is 6.54 Å². The Morgan fingerprint density at radius 1 is 1.12 bits per heavy atom. The van der Waals surface area contributed by atoms with E-state index in [0.717, 1.165) is 41.9 Å². The van der Waals surface area contributed by atoms with Crippen LogP contribution in [0.5, 0.6) is 0 Å². The topological polar surface area (TPSA) is 35.6 Å². The lowest BCUT2D eigenvalue weighted by Crippen LogP contribution is -2.49. The maximum Gasteiger partial charge on any atom is 0.234 e. The Balaban J connectivity index is 1.47. The maximum absolute atomic E-state index is 13.0. The van der Waals surface area contributed by atoms with Crippen molar-refractivity contribution in [1.82, 2.24) is 10.2 Å². The molecule has 1 aliphatic rings. The van der Waals surface area contributed by atoms with Gasteiger partial charge in [-0.15, -0.1) is 0 Å². The van der Waals surface area contributed by atoms with Gasteiger partial charge >= 0.3 is 0 Å². The van der Waals surface area contributed by atoms with Gasteiger partial charge in [0.05, 0.1) is 12.6 Å². The maximum atomic E-state index is 13.0. The van der Waals surface area contributed by atoms with Gasteiger partial charge in [-0.25, -0.2) is 4.39 Å². The van der Waals surface area contributed by atoms with Gasteiger partial charge in [0, 0.05) is 36.3 Å². The van der Waals surface area contributed by atoms with E-state index < -0.39 is 0 Å². The Hall–Kier alpha value is -1.92. The van der Waals surface area contributed by atoms with Crippen LogP contribution in [0.3, 0.4) is 0 Å². The molecule has 0 spiro atoms. The molecular formula is C20H23BrFN3O. The number of carbonyl (C=O) groups is 1. The first-order chi connectivity index (χ1) is 12.5. The fourth-order valence-electron chi connectivity index (χ4n) is 3.21. The van der Waals surface area contributed by atoms with Crippen molar-refractivity contribution in [2.45, 2.75) is 13.0 Å². The fourth-order valence-corrected chi connectivity index (χ4v) is 3.84. The lowest BCUT2D eigenvalue weighted by atomic mass is 10.1. The first-order valence-electron chi connectivity index (χ1n) is 8.79. The van der Waals surface area contributed by atoms with E-state index in [9.17, 15) is 9.18 Å². The second-order valence-electron chi connectivity index (χ2n) is 6.55. The average Bonchev–Trinajstić information content (AvgIpc) is 2.63. The summed E-state index contributed by atoms with van der Waals surface area (Å²) < 4.78 is 14.0. The van der Waals surface area contributed by atoms with E-state index in [1.165, 1.54) is 12.1 Å². The highest BCUT2D eigenvalue weighted by Gasteiger charge is 2.20. The molecule has 0 radical (unpaired) electrons. The highest BCUT2D eigenvalue weighted by molar-refractivity contribution is 9.10. The molecule has 1 atom stereocenters. The minimum Gasteiger partial charge on any atom is -0.369 e. The quantitative estimate of drug-likeness (QED) is 0.803. The molecule has 0 aromatic heterocycles. The van der Waals surface area contributed by atoms with Crippen LogP contribution < -0.4 is 10.2 Å². The van der Waals surface area contributed by atoms with E-state index in [4.69, 9.17) is 0 Å². The molecule has 1 heterocycles. The number of benzene rings is 2. The Labute approximate surface area is 162 Å². The number of nitrogens with one attached hydrogen (secondary N) is 1. The van der Waals surface area contributed by atoms with E-state index in [2.05, 4.69) is 31.0 Å². The van der Waals surface area contributed by atoms with Crippen LogP contribution in [0, 0.1) is 5.82 Å². The van der Waals surface area contributed by atoms with Crippen molar-refractivity contribution < 1.29 is 9.18 Å². The number of carbonyl (C=O) groups excluding carboxylic acids is 1. The van der Waals surface area contributed by atoms with Crippen LogP contribution >= 0.6 is 15.9 Å².